The predicted molar refractivity (Wildman–Crippen MR) is 99.9 cm³/mol. The van der Waals surface area contributed by atoms with Crippen LogP contribution in [0, 0.1) is 0 Å². The van der Waals surface area contributed by atoms with Crippen LogP contribution in [0.3, 0.4) is 0 Å². The average Bonchev–Trinajstić information content (AvgIpc) is 2.32. The van der Waals surface area contributed by atoms with Gasteiger partial charge in [-0.2, -0.15) is 25.3 Å². The largest absolute Gasteiger partial charge is 1.00 e. The van der Waals surface area contributed by atoms with Crippen molar-refractivity contribution >= 4 is 25.3 Å². The zero-order valence-corrected chi connectivity index (χ0v) is 19.1. The van der Waals surface area contributed by atoms with Crippen LogP contribution in [0.1, 0.15) is 55.4 Å². The number of thiol groups is 2. The first-order valence-electron chi connectivity index (χ1n) is 8.11. The molecule has 0 rings (SSSR count). The fourth-order valence-electron chi connectivity index (χ4n) is 2.75. The van der Waals surface area contributed by atoms with Gasteiger partial charge in [-0.25, -0.2) is 0 Å². The lowest BCUT2D eigenvalue weighted by molar-refractivity contribution is -0.940. The van der Waals surface area contributed by atoms with Gasteiger partial charge in [-0.3, -0.25) is 0 Å². The molecule has 140 valence electrons. The third-order valence-electron chi connectivity index (χ3n) is 3.77. The summed E-state index contributed by atoms with van der Waals surface area (Å²) >= 11 is 8.46. The van der Waals surface area contributed by atoms with E-state index in [4.69, 9.17) is 0 Å². The molecular formula is C16H40Cl2N2S2. The van der Waals surface area contributed by atoms with Gasteiger partial charge >= 0.3 is 0 Å². The highest BCUT2D eigenvalue weighted by Crippen LogP contribution is 1.78. The Bertz CT molecular complexity index is 178. The van der Waals surface area contributed by atoms with E-state index < -0.39 is 0 Å². The summed E-state index contributed by atoms with van der Waals surface area (Å²) in [4.78, 5) is 3.30. The van der Waals surface area contributed by atoms with Crippen molar-refractivity contribution in [3.8, 4) is 0 Å². The summed E-state index contributed by atoms with van der Waals surface area (Å²) in [5.41, 5.74) is 0. The molecule has 0 aliphatic carbocycles. The van der Waals surface area contributed by atoms with Crippen molar-refractivity contribution < 1.29 is 34.6 Å². The molecule has 0 saturated heterocycles. The molecule has 0 aromatic heterocycles. The first-order chi connectivity index (χ1) is 9.18. The maximum atomic E-state index is 4.23. The Morgan fingerprint density at radius 2 is 0.727 bits per heavy atom. The van der Waals surface area contributed by atoms with Crippen LogP contribution < -0.4 is 34.6 Å². The van der Waals surface area contributed by atoms with Crippen molar-refractivity contribution in [2.45, 2.75) is 79.6 Å². The van der Waals surface area contributed by atoms with Crippen LogP contribution in [0.2, 0.25) is 0 Å². The highest BCUT2D eigenvalue weighted by atomic mass is 35.5. The molecule has 0 fully saturated rings. The number of hydrogen-bond donors (Lipinski definition) is 4. The molecule has 0 radical (unpaired) electrons. The van der Waals surface area contributed by atoms with Gasteiger partial charge < -0.3 is 34.6 Å². The Hall–Kier alpha value is 1.20. The van der Waals surface area contributed by atoms with Crippen molar-refractivity contribution in [2.75, 3.05) is 24.6 Å². The van der Waals surface area contributed by atoms with E-state index in [2.05, 4.69) is 80.6 Å². The van der Waals surface area contributed by atoms with E-state index in [1.807, 2.05) is 0 Å². The molecule has 0 aromatic carbocycles. The SMILES string of the molecule is CC(C)[NH+](CCS)C(C)C.CC(C)[NH+](CCS)C(C)C.[Cl-].[Cl-]. The molecule has 2 N–H and O–H groups in total. The van der Waals surface area contributed by atoms with Gasteiger partial charge in [0.25, 0.3) is 0 Å². The second kappa shape index (κ2) is 18.5. The van der Waals surface area contributed by atoms with Gasteiger partial charge in [-0.05, 0) is 55.4 Å². The van der Waals surface area contributed by atoms with Crippen LogP contribution in [-0.4, -0.2) is 48.8 Å². The average molecular weight is 396 g/mol. The topological polar surface area (TPSA) is 8.88 Å². The van der Waals surface area contributed by atoms with Crippen LogP contribution in [0.4, 0.5) is 0 Å². The highest BCUT2D eigenvalue weighted by molar-refractivity contribution is 7.80. The van der Waals surface area contributed by atoms with Crippen molar-refractivity contribution in [3.63, 3.8) is 0 Å². The lowest BCUT2D eigenvalue weighted by Crippen LogP contribution is -3.18. The molecule has 2 nitrogen and oxygen atoms in total. The number of hydrogen-bond acceptors (Lipinski definition) is 2. The van der Waals surface area contributed by atoms with Crippen molar-refractivity contribution in [3.05, 3.63) is 0 Å². The lowest BCUT2D eigenvalue weighted by atomic mass is 10.2. The minimum atomic E-state index is 0. The van der Waals surface area contributed by atoms with Gasteiger partial charge in [0.1, 0.15) is 0 Å². The molecule has 0 heterocycles. The smallest absolute Gasteiger partial charge is 0.0864 e. The fourth-order valence-corrected chi connectivity index (χ4v) is 3.26. The van der Waals surface area contributed by atoms with E-state index in [-0.39, 0.29) is 24.8 Å². The van der Waals surface area contributed by atoms with Gasteiger partial charge in [-0.15, -0.1) is 0 Å². The highest BCUT2D eigenvalue weighted by Gasteiger charge is 2.15. The zero-order chi connectivity index (χ0) is 16.3. The zero-order valence-electron chi connectivity index (χ0n) is 15.8. The summed E-state index contributed by atoms with van der Waals surface area (Å²) in [6.07, 6.45) is 0. The minimum absolute atomic E-state index is 0. The molecule has 0 aromatic rings. The molecule has 0 amide bonds. The maximum Gasteiger partial charge on any atom is 0.0864 e. The van der Waals surface area contributed by atoms with E-state index in [1.165, 1.54) is 13.1 Å². The van der Waals surface area contributed by atoms with Crippen LogP contribution >= 0.6 is 25.3 Å². The molecule has 22 heavy (non-hydrogen) atoms. The summed E-state index contributed by atoms with van der Waals surface area (Å²) in [5.74, 6) is 1.98. The summed E-state index contributed by atoms with van der Waals surface area (Å²) in [6, 6.07) is 2.92. The first-order valence-corrected chi connectivity index (χ1v) is 9.38. The van der Waals surface area contributed by atoms with Crippen LogP contribution in [0.5, 0.6) is 0 Å². The number of quaternary nitrogens is 2. The minimum Gasteiger partial charge on any atom is -1.00 e. The number of rotatable bonds is 8. The number of nitrogens with one attached hydrogen (secondary N) is 2. The monoisotopic (exact) mass is 394 g/mol. The molecular weight excluding hydrogens is 355 g/mol. The van der Waals surface area contributed by atoms with Crippen LogP contribution in [0.15, 0.2) is 0 Å². The van der Waals surface area contributed by atoms with Gasteiger partial charge in [0, 0.05) is 11.5 Å². The van der Waals surface area contributed by atoms with Crippen LogP contribution in [0.25, 0.3) is 0 Å². The van der Waals surface area contributed by atoms with E-state index in [0.717, 1.165) is 35.7 Å². The molecule has 6 heteroatoms. The second-order valence-corrected chi connectivity index (χ2v) is 7.61. The standard InChI is InChI=1S/2C8H19NS.2ClH/c2*1-7(2)9(5-6-10)8(3)4;;/h2*7-8,10H,5-6H2,1-4H3;2*1H. The van der Waals surface area contributed by atoms with Crippen molar-refractivity contribution in [2.24, 2.45) is 0 Å². The van der Waals surface area contributed by atoms with E-state index in [1.54, 1.807) is 9.80 Å². The molecule has 0 saturated carbocycles. The lowest BCUT2D eigenvalue weighted by Gasteiger charge is -2.26. The Labute approximate surface area is 163 Å². The fraction of sp³-hybridized carbons (Fsp3) is 1.00. The Morgan fingerprint density at radius 3 is 0.773 bits per heavy atom. The summed E-state index contributed by atoms with van der Waals surface area (Å²) < 4.78 is 0. The van der Waals surface area contributed by atoms with Crippen molar-refractivity contribution in [1.82, 2.24) is 0 Å². The summed E-state index contributed by atoms with van der Waals surface area (Å²) in [7, 11) is 0. The molecule has 0 aliphatic rings. The maximum absolute atomic E-state index is 4.23. The van der Waals surface area contributed by atoms with Gasteiger partial charge in [0.05, 0.1) is 37.3 Å². The Morgan fingerprint density at radius 1 is 0.545 bits per heavy atom. The van der Waals surface area contributed by atoms with Gasteiger partial charge in [0.2, 0.25) is 0 Å². The van der Waals surface area contributed by atoms with Crippen LogP contribution in [-0.2, 0) is 0 Å². The third kappa shape index (κ3) is 16.1. The first kappa shape index (κ1) is 31.0. The molecule has 0 spiro atoms. The molecule has 0 atom stereocenters. The Balaban J connectivity index is -0.000000135. The van der Waals surface area contributed by atoms with Gasteiger partial charge in [0.15, 0.2) is 0 Å². The van der Waals surface area contributed by atoms with E-state index in [9.17, 15) is 0 Å². The van der Waals surface area contributed by atoms with Crippen molar-refractivity contribution in [1.29, 1.82) is 0 Å². The summed E-state index contributed by atoms with van der Waals surface area (Å²) in [6.45, 7) is 20.5. The number of halogens is 2. The quantitative estimate of drug-likeness (QED) is 0.294. The molecule has 0 bridgehead atoms. The normalized spacial score (nSPS) is 10.9. The molecule has 0 aliphatic heterocycles. The third-order valence-corrected chi connectivity index (χ3v) is 4.21. The van der Waals surface area contributed by atoms with Gasteiger partial charge in [-0.1, -0.05) is 0 Å². The van der Waals surface area contributed by atoms with E-state index >= 15 is 0 Å². The Kier molecular flexibility index (Phi) is 26.1. The predicted octanol–water partition coefficient (Wildman–Crippen LogP) is -4.76. The second-order valence-electron chi connectivity index (χ2n) is 6.72. The molecule has 0 unspecified atom stereocenters. The van der Waals surface area contributed by atoms with E-state index in [0.29, 0.717) is 0 Å². The summed E-state index contributed by atoms with van der Waals surface area (Å²) in [5, 5.41) is 0.